The Morgan fingerprint density at radius 2 is 1.31 bits per heavy atom. The molecule has 2 heterocycles. The number of benzene rings is 3. The highest BCUT2D eigenvalue weighted by Crippen LogP contribution is 2.49. The van der Waals surface area contributed by atoms with E-state index in [4.69, 9.17) is 5.32 Å². The van der Waals surface area contributed by atoms with Crippen LogP contribution in [0.25, 0.3) is 28.0 Å². The van der Waals surface area contributed by atoms with Crippen molar-refractivity contribution in [2.24, 2.45) is 0 Å². The van der Waals surface area contributed by atoms with Crippen LogP contribution in [0.2, 0.25) is 0 Å². The molecule has 0 fully saturated rings. The summed E-state index contributed by atoms with van der Waals surface area (Å²) in [6.45, 7) is 4.47. The molecule has 0 bridgehead atoms. The zero-order chi connectivity index (χ0) is 19.8. The Kier molecular flexibility index (Phi) is 4.33. The first-order valence-electron chi connectivity index (χ1n) is 10.2. The van der Waals surface area contributed by atoms with E-state index in [1.165, 1.54) is 28.1 Å². The van der Waals surface area contributed by atoms with Crippen molar-refractivity contribution in [3.8, 4) is 0 Å². The highest BCUT2D eigenvalue weighted by atomic mass is 15.2. The van der Waals surface area contributed by atoms with E-state index < -0.39 is 0 Å². The summed E-state index contributed by atoms with van der Waals surface area (Å²) in [7, 11) is 0. The quantitative estimate of drug-likeness (QED) is 0.467. The third kappa shape index (κ3) is 2.89. The second-order valence-electron chi connectivity index (χ2n) is 7.40. The first-order chi connectivity index (χ1) is 14.3. The van der Waals surface area contributed by atoms with Crippen LogP contribution < -0.4 is 0 Å². The lowest BCUT2D eigenvalue weighted by molar-refractivity contribution is 0.622. The lowest BCUT2D eigenvalue weighted by Crippen LogP contribution is -2.25. The van der Waals surface area contributed by atoms with E-state index in [0.29, 0.717) is 0 Å². The average Bonchev–Trinajstić information content (AvgIpc) is 2.80. The summed E-state index contributed by atoms with van der Waals surface area (Å²) in [5, 5.41) is 5.18. The molecule has 0 spiro atoms. The van der Waals surface area contributed by atoms with Gasteiger partial charge in [0.1, 0.15) is 0 Å². The Morgan fingerprint density at radius 3 is 1.97 bits per heavy atom. The van der Waals surface area contributed by atoms with Gasteiger partial charge in [-0.2, -0.15) is 0 Å². The Morgan fingerprint density at radius 1 is 0.724 bits per heavy atom. The number of hydrogen-bond acceptors (Lipinski definition) is 1. The predicted molar refractivity (Wildman–Crippen MR) is 122 cm³/mol. The van der Waals surface area contributed by atoms with Crippen molar-refractivity contribution in [1.29, 1.82) is 0 Å². The molecule has 0 radical (unpaired) electrons. The Balaban J connectivity index is 1.80. The normalized spacial score (nSPS) is 15.5. The van der Waals surface area contributed by atoms with Crippen LogP contribution in [0.1, 0.15) is 42.5 Å². The molecule has 3 aromatic carbocycles. The Hall–Kier alpha value is -3.52. The van der Waals surface area contributed by atoms with Gasteiger partial charge in [0.2, 0.25) is 0 Å². The minimum Gasteiger partial charge on any atom is -0.654 e. The van der Waals surface area contributed by atoms with Gasteiger partial charge in [0.15, 0.2) is 0 Å². The Labute approximate surface area is 172 Å². The molecule has 3 aromatic rings. The van der Waals surface area contributed by atoms with Crippen LogP contribution in [0.5, 0.6) is 0 Å². The van der Waals surface area contributed by atoms with Gasteiger partial charge in [-0.3, -0.25) is 0 Å². The second kappa shape index (κ2) is 7.14. The van der Waals surface area contributed by atoms with E-state index in [-0.39, 0.29) is 0 Å². The summed E-state index contributed by atoms with van der Waals surface area (Å²) in [5.41, 5.74) is 10.7. The molecular formula is C27H23N2-. The zero-order valence-electron chi connectivity index (χ0n) is 16.8. The predicted octanol–water partition coefficient (Wildman–Crippen LogP) is 7.35. The van der Waals surface area contributed by atoms with E-state index >= 15 is 0 Å². The van der Waals surface area contributed by atoms with E-state index in [1.807, 2.05) is 6.07 Å². The molecule has 2 aliphatic heterocycles. The van der Waals surface area contributed by atoms with Gasteiger partial charge in [0.25, 0.3) is 0 Å². The molecule has 0 saturated heterocycles. The highest BCUT2D eigenvalue weighted by molar-refractivity contribution is 6.07. The van der Waals surface area contributed by atoms with Gasteiger partial charge in [0.05, 0.1) is 0 Å². The van der Waals surface area contributed by atoms with Gasteiger partial charge in [-0.1, -0.05) is 91.9 Å². The number of nitrogens with zero attached hydrogens (tertiary/aromatic N) is 2. The van der Waals surface area contributed by atoms with Gasteiger partial charge < -0.3 is 10.2 Å². The summed E-state index contributed by atoms with van der Waals surface area (Å²) in [4.78, 5) is 2.37. The fourth-order valence-corrected chi connectivity index (χ4v) is 4.31. The van der Waals surface area contributed by atoms with Crippen LogP contribution in [-0.4, -0.2) is 4.90 Å². The number of hydrogen-bond donors (Lipinski definition) is 0. The van der Waals surface area contributed by atoms with Crippen LogP contribution in [-0.2, 0) is 0 Å². The van der Waals surface area contributed by atoms with Crippen LogP contribution in [0.15, 0.2) is 96.8 Å². The van der Waals surface area contributed by atoms with Crippen LogP contribution in [0, 0.1) is 0 Å². The van der Waals surface area contributed by atoms with Gasteiger partial charge >= 0.3 is 0 Å². The van der Waals surface area contributed by atoms with Gasteiger partial charge in [-0.05, 0) is 41.8 Å². The Bertz CT molecular complexity index is 1150. The van der Waals surface area contributed by atoms with Crippen LogP contribution in [0.4, 0.5) is 0 Å². The molecule has 0 atom stereocenters. The minimum absolute atomic E-state index is 0.963. The molecule has 29 heavy (non-hydrogen) atoms. The lowest BCUT2D eigenvalue weighted by Gasteiger charge is -2.46. The molecule has 0 amide bonds. The van der Waals surface area contributed by atoms with Crippen molar-refractivity contribution in [3.05, 3.63) is 124 Å². The molecular weight excluding hydrogens is 352 g/mol. The van der Waals surface area contributed by atoms with Crippen molar-refractivity contribution in [2.45, 2.75) is 20.3 Å². The molecule has 0 N–H and O–H groups in total. The third-order valence-corrected chi connectivity index (χ3v) is 5.71. The smallest absolute Gasteiger partial charge is 0.0389 e. The molecule has 0 saturated carbocycles. The van der Waals surface area contributed by atoms with Crippen molar-refractivity contribution in [2.75, 3.05) is 0 Å². The summed E-state index contributed by atoms with van der Waals surface area (Å²) < 4.78 is 0. The maximum Gasteiger partial charge on any atom is 0.0389 e. The molecule has 142 valence electrons. The first kappa shape index (κ1) is 17.6. The monoisotopic (exact) mass is 375 g/mol. The fraction of sp³-hybridized carbons (Fsp3) is 0.111. The third-order valence-electron chi connectivity index (χ3n) is 5.71. The van der Waals surface area contributed by atoms with Crippen molar-refractivity contribution < 1.29 is 0 Å². The summed E-state index contributed by atoms with van der Waals surface area (Å²) in [6.07, 6.45) is 3.17. The zero-order valence-corrected chi connectivity index (χ0v) is 16.8. The van der Waals surface area contributed by atoms with Crippen molar-refractivity contribution in [1.82, 2.24) is 4.90 Å². The second-order valence-corrected chi connectivity index (χ2v) is 7.40. The molecule has 0 aromatic heterocycles. The van der Waals surface area contributed by atoms with E-state index in [0.717, 1.165) is 28.9 Å². The van der Waals surface area contributed by atoms with Crippen molar-refractivity contribution in [3.63, 3.8) is 0 Å². The molecule has 2 aliphatic rings. The highest BCUT2D eigenvalue weighted by Gasteiger charge is 2.27. The molecule has 2 nitrogen and oxygen atoms in total. The maximum atomic E-state index is 5.18. The van der Waals surface area contributed by atoms with Crippen LogP contribution in [0.3, 0.4) is 0 Å². The van der Waals surface area contributed by atoms with Crippen LogP contribution >= 0.6 is 0 Å². The molecule has 5 rings (SSSR count). The molecule has 0 aliphatic carbocycles. The SMILES string of the molecule is CCC1=C(C)c2ccccc2C2=C(c3ccccc3)[N-]C(c3ccccc3)=CN12. The first-order valence-corrected chi connectivity index (χ1v) is 10.2. The van der Waals surface area contributed by atoms with Gasteiger partial charge in [-0.15, -0.1) is 11.4 Å². The number of rotatable bonds is 3. The molecule has 2 heteroatoms. The standard InChI is InChI=1S/C27H23N2/c1-3-25-19(2)22-16-10-11-17-23(22)27-26(21-14-8-5-9-15-21)28-24(18-29(25)27)20-12-6-4-7-13-20/h4-18H,3H2,1-2H3/q-1. The lowest BCUT2D eigenvalue weighted by atomic mass is 9.88. The summed E-state index contributed by atoms with van der Waals surface area (Å²) >= 11 is 0. The topological polar surface area (TPSA) is 17.3 Å². The summed E-state index contributed by atoms with van der Waals surface area (Å²) in [5.74, 6) is 0. The van der Waals surface area contributed by atoms with E-state index in [9.17, 15) is 0 Å². The van der Waals surface area contributed by atoms with E-state index in [1.54, 1.807) is 0 Å². The molecule has 0 unspecified atom stereocenters. The van der Waals surface area contributed by atoms with Crippen molar-refractivity contribution >= 4 is 22.7 Å². The summed E-state index contributed by atoms with van der Waals surface area (Å²) in [6, 6.07) is 29.6. The average molecular weight is 375 g/mol. The van der Waals surface area contributed by atoms with Gasteiger partial charge in [0, 0.05) is 17.0 Å². The van der Waals surface area contributed by atoms with Gasteiger partial charge in [-0.25, -0.2) is 0 Å². The maximum absolute atomic E-state index is 5.18. The minimum atomic E-state index is 0.963. The number of allylic oxidation sites excluding steroid dienone is 2. The fourth-order valence-electron chi connectivity index (χ4n) is 4.31. The number of fused-ring (bicyclic) bond motifs is 3. The van der Waals surface area contributed by atoms with E-state index in [2.05, 4.69) is 104 Å². The largest absolute Gasteiger partial charge is 0.654 e.